The summed E-state index contributed by atoms with van der Waals surface area (Å²) in [6.45, 7) is 6.62. The predicted octanol–water partition coefficient (Wildman–Crippen LogP) is 4.19. The summed E-state index contributed by atoms with van der Waals surface area (Å²) in [5.41, 5.74) is 4.01. The zero-order valence-corrected chi connectivity index (χ0v) is 19.7. The van der Waals surface area contributed by atoms with Crippen molar-refractivity contribution in [2.24, 2.45) is 0 Å². The normalized spacial score (nSPS) is 16.4. The number of carbonyl (C=O) groups is 1. The van der Waals surface area contributed by atoms with Crippen molar-refractivity contribution in [1.82, 2.24) is 14.5 Å². The molecule has 2 aromatic heterocycles. The van der Waals surface area contributed by atoms with Gasteiger partial charge in [0, 0.05) is 10.6 Å². The summed E-state index contributed by atoms with van der Waals surface area (Å²) in [7, 11) is 0. The second kappa shape index (κ2) is 8.79. The quantitative estimate of drug-likeness (QED) is 0.633. The van der Waals surface area contributed by atoms with Crippen molar-refractivity contribution >= 4 is 33.1 Å². The lowest BCUT2D eigenvalue weighted by Gasteiger charge is -2.19. The van der Waals surface area contributed by atoms with E-state index in [9.17, 15) is 9.59 Å². The molecule has 0 saturated carbocycles. The van der Waals surface area contributed by atoms with Gasteiger partial charge in [0.2, 0.25) is 5.91 Å². The van der Waals surface area contributed by atoms with Gasteiger partial charge in [-0.1, -0.05) is 12.1 Å². The second-order valence-corrected chi connectivity index (χ2v) is 10.2. The van der Waals surface area contributed by atoms with Gasteiger partial charge in [-0.3, -0.25) is 19.1 Å². The first-order valence-electron chi connectivity index (χ1n) is 11.6. The first kappa shape index (κ1) is 21.3. The van der Waals surface area contributed by atoms with Gasteiger partial charge in [-0.05, 0) is 88.2 Å². The molecule has 0 spiro atoms. The fourth-order valence-corrected chi connectivity index (χ4v) is 6.18. The van der Waals surface area contributed by atoms with Gasteiger partial charge < -0.3 is 5.32 Å². The predicted molar refractivity (Wildman–Crippen MR) is 130 cm³/mol. The van der Waals surface area contributed by atoms with E-state index in [1.165, 1.54) is 29.7 Å². The Bertz CT molecular complexity index is 1240. The number of anilines is 1. The number of likely N-dealkylation sites (tertiary alicyclic amines) is 1. The van der Waals surface area contributed by atoms with Gasteiger partial charge in [-0.15, -0.1) is 11.3 Å². The smallest absolute Gasteiger partial charge is 0.263 e. The van der Waals surface area contributed by atoms with E-state index in [0.717, 1.165) is 59.4 Å². The van der Waals surface area contributed by atoms with Gasteiger partial charge in [0.15, 0.2) is 0 Å². The molecule has 1 aliphatic carbocycles. The van der Waals surface area contributed by atoms with Crippen LogP contribution in [-0.4, -0.2) is 33.4 Å². The largest absolute Gasteiger partial charge is 0.324 e. The van der Waals surface area contributed by atoms with Crippen LogP contribution in [0.3, 0.4) is 0 Å². The van der Waals surface area contributed by atoms with Crippen molar-refractivity contribution in [2.45, 2.75) is 65.5 Å². The molecule has 1 aromatic carbocycles. The fourth-order valence-electron chi connectivity index (χ4n) is 4.91. The number of thiophene rings is 1. The highest BCUT2D eigenvalue weighted by molar-refractivity contribution is 7.18. The van der Waals surface area contributed by atoms with Gasteiger partial charge in [-0.2, -0.15) is 0 Å². The first-order valence-corrected chi connectivity index (χ1v) is 12.4. The maximum absolute atomic E-state index is 13.7. The zero-order valence-electron chi connectivity index (χ0n) is 18.9. The molecule has 3 aromatic rings. The van der Waals surface area contributed by atoms with E-state index in [-0.39, 0.29) is 18.0 Å². The number of hydrogen-bond acceptors (Lipinski definition) is 5. The third-order valence-corrected chi connectivity index (χ3v) is 7.87. The number of benzene rings is 1. The molecule has 7 heteroatoms. The number of aryl methyl sites for hydroxylation is 4. The van der Waals surface area contributed by atoms with Crippen molar-refractivity contribution in [1.29, 1.82) is 0 Å². The van der Waals surface area contributed by atoms with Crippen LogP contribution < -0.4 is 10.9 Å². The molecule has 0 bridgehead atoms. The zero-order chi connectivity index (χ0) is 22.2. The highest BCUT2D eigenvalue weighted by Crippen LogP contribution is 2.34. The Balaban J connectivity index is 1.53. The molecule has 32 heavy (non-hydrogen) atoms. The lowest BCUT2D eigenvalue weighted by Crippen LogP contribution is -2.34. The number of rotatable bonds is 5. The van der Waals surface area contributed by atoms with Gasteiger partial charge >= 0.3 is 0 Å². The molecule has 3 heterocycles. The van der Waals surface area contributed by atoms with E-state index in [1.54, 1.807) is 15.9 Å². The molecule has 1 amide bonds. The molecule has 0 unspecified atom stereocenters. The third-order valence-electron chi connectivity index (χ3n) is 6.69. The number of fused-ring (bicyclic) bond motifs is 3. The topological polar surface area (TPSA) is 67.2 Å². The second-order valence-electron chi connectivity index (χ2n) is 9.16. The molecular formula is C25H30N4O2S. The molecular weight excluding hydrogens is 420 g/mol. The van der Waals surface area contributed by atoms with E-state index in [4.69, 9.17) is 4.98 Å². The Hall–Kier alpha value is -2.51. The Labute approximate surface area is 192 Å². The lowest BCUT2D eigenvalue weighted by atomic mass is 9.97. The Kier molecular flexibility index (Phi) is 5.86. The summed E-state index contributed by atoms with van der Waals surface area (Å²) < 4.78 is 1.63. The summed E-state index contributed by atoms with van der Waals surface area (Å²) >= 11 is 1.68. The molecule has 1 aliphatic heterocycles. The van der Waals surface area contributed by atoms with Crippen LogP contribution in [0.4, 0.5) is 5.69 Å². The van der Waals surface area contributed by atoms with Crippen molar-refractivity contribution < 1.29 is 4.79 Å². The number of aromatic nitrogens is 2. The number of hydrogen-bond donors (Lipinski definition) is 1. The van der Waals surface area contributed by atoms with Gasteiger partial charge in [0.1, 0.15) is 17.2 Å². The summed E-state index contributed by atoms with van der Waals surface area (Å²) in [6, 6.07) is 6.00. The molecule has 6 nitrogen and oxygen atoms in total. The van der Waals surface area contributed by atoms with E-state index in [2.05, 4.69) is 10.2 Å². The highest BCUT2D eigenvalue weighted by Gasteiger charge is 2.24. The fraction of sp³-hybridized carbons (Fsp3) is 0.480. The number of nitrogens with one attached hydrogen (secondary N) is 1. The molecule has 168 valence electrons. The summed E-state index contributed by atoms with van der Waals surface area (Å²) in [4.78, 5) is 36.2. The molecule has 1 saturated heterocycles. The minimum atomic E-state index is -0.186. The van der Waals surface area contributed by atoms with Gasteiger partial charge in [0.25, 0.3) is 5.56 Å². The first-order chi connectivity index (χ1) is 15.5. The number of nitrogens with zero attached hydrogens (tertiary/aromatic N) is 3. The van der Waals surface area contributed by atoms with Crippen LogP contribution in [-0.2, 0) is 30.7 Å². The third kappa shape index (κ3) is 4.11. The maximum atomic E-state index is 13.7. The van der Waals surface area contributed by atoms with E-state index in [0.29, 0.717) is 12.4 Å². The Morgan fingerprint density at radius 1 is 1.12 bits per heavy atom. The van der Waals surface area contributed by atoms with E-state index >= 15 is 0 Å². The monoisotopic (exact) mass is 450 g/mol. The average Bonchev–Trinajstić information content (AvgIpc) is 3.41. The van der Waals surface area contributed by atoms with Crippen LogP contribution in [0, 0.1) is 13.8 Å². The number of amides is 1. The van der Waals surface area contributed by atoms with Crippen LogP contribution in [0.15, 0.2) is 23.0 Å². The maximum Gasteiger partial charge on any atom is 0.263 e. The van der Waals surface area contributed by atoms with Crippen molar-refractivity contribution in [2.75, 3.05) is 18.4 Å². The van der Waals surface area contributed by atoms with E-state index < -0.39 is 0 Å². The number of carbonyl (C=O) groups excluding carboxylic acids is 1. The Morgan fingerprint density at radius 3 is 2.72 bits per heavy atom. The summed E-state index contributed by atoms with van der Waals surface area (Å²) in [5.74, 6) is 0.521. The average molecular weight is 451 g/mol. The standard InChI is InChI=1S/C25H30N4O2S/c1-16-9-10-17(2)19(13-16)26-22(30)15-29-21(14-28-11-5-6-12-28)27-24-23(25(29)31)18-7-3-4-8-20(18)32-24/h9-10,13H,3-8,11-12,14-15H2,1-2H3,(H,26,30). The molecule has 5 rings (SSSR count). The highest BCUT2D eigenvalue weighted by atomic mass is 32.1. The van der Waals surface area contributed by atoms with Crippen molar-refractivity contribution in [3.63, 3.8) is 0 Å². The molecule has 0 radical (unpaired) electrons. The van der Waals surface area contributed by atoms with Crippen molar-refractivity contribution in [3.8, 4) is 0 Å². The SMILES string of the molecule is Cc1ccc(C)c(NC(=O)Cn2c(CN3CCCC3)nc3sc4c(c3c2=O)CCCC4)c1. The van der Waals surface area contributed by atoms with Crippen molar-refractivity contribution in [3.05, 3.63) is 55.9 Å². The van der Waals surface area contributed by atoms with Crippen LogP contribution >= 0.6 is 11.3 Å². The minimum absolute atomic E-state index is 0.0110. The van der Waals surface area contributed by atoms with Gasteiger partial charge in [-0.25, -0.2) is 4.98 Å². The van der Waals surface area contributed by atoms with E-state index in [1.807, 2.05) is 32.0 Å². The summed E-state index contributed by atoms with van der Waals surface area (Å²) in [5, 5.41) is 3.76. The Morgan fingerprint density at radius 2 is 1.91 bits per heavy atom. The minimum Gasteiger partial charge on any atom is -0.324 e. The molecule has 1 fully saturated rings. The van der Waals surface area contributed by atoms with Crippen LogP contribution in [0.1, 0.15) is 53.1 Å². The van der Waals surface area contributed by atoms with Crippen LogP contribution in [0.25, 0.3) is 10.2 Å². The van der Waals surface area contributed by atoms with Crippen LogP contribution in [0.2, 0.25) is 0 Å². The lowest BCUT2D eigenvalue weighted by molar-refractivity contribution is -0.116. The molecule has 1 N–H and O–H groups in total. The molecule has 0 atom stereocenters. The summed E-state index contributed by atoms with van der Waals surface area (Å²) in [6.07, 6.45) is 6.60. The molecule has 2 aliphatic rings. The van der Waals surface area contributed by atoms with Crippen LogP contribution in [0.5, 0.6) is 0 Å². The van der Waals surface area contributed by atoms with Gasteiger partial charge in [0.05, 0.1) is 11.9 Å².